The smallest absolute Gasteiger partial charge is 0.164 e. The maximum absolute atomic E-state index is 13.0. The van der Waals surface area contributed by atoms with Gasteiger partial charge in [0, 0.05) is 151 Å². The van der Waals surface area contributed by atoms with Gasteiger partial charge in [0.1, 0.15) is 11.6 Å². The number of aryl methyl sites for hydroxylation is 3. The predicted molar refractivity (Wildman–Crippen MR) is 440 cm³/mol. The second kappa shape index (κ2) is 48.5. The van der Waals surface area contributed by atoms with Gasteiger partial charge in [-0.25, -0.2) is 4.39 Å². The first-order chi connectivity index (χ1) is 56.1. The van der Waals surface area contributed by atoms with Gasteiger partial charge >= 0.3 is 0 Å². The molecule has 0 saturated heterocycles. The zero-order valence-corrected chi connectivity index (χ0v) is 73.1. The van der Waals surface area contributed by atoms with Crippen LogP contribution in [0, 0.1) is 67.8 Å². The van der Waals surface area contributed by atoms with Crippen LogP contribution >= 0.6 is 0 Å². The summed E-state index contributed by atoms with van der Waals surface area (Å²) in [4.78, 5) is 43.5. The zero-order valence-electron chi connectivity index (χ0n) is 73.6. The summed E-state index contributed by atoms with van der Waals surface area (Å²) in [5.41, 5.74) is 17.1. The Bertz CT molecular complexity index is 5680. The summed E-state index contributed by atoms with van der Waals surface area (Å²) in [6.07, 6.45) is 11.1. The number of halogens is 1. The average molecular weight is 2200 g/mol. The van der Waals surface area contributed by atoms with Crippen molar-refractivity contribution in [2.24, 2.45) is 10.8 Å². The van der Waals surface area contributed by atoms with Crippen molar-refractivity contribution in [3.8, 4) is 101 Å². The number of hydrogen-bond donors (Lipinski definition) is 2. The number of pyridine rings is 5. The Kier molecular flexibility index (Phi) is 33.9. The third-order valence-electron chi connectivity index (χ3n) is 15.7. The molecule has 0 amide bonds. The summed E-state index contributed by atoms with van der Waals surface area (Å²) in [5.74, 6) is -0.185. The normalized spacial score (nSPS) is 11.7. The van der Waals surface area contributed by atoms with E-state index in [4.69, 9.17) is 18.8 Å². The van der Waals surface area contributed by atoms with Gasteiger partial charge in [-0.2, -0.15) is 0 Å². The molecule has 2 N–H and O–H groups in total. The first-order valence-corrected chi connectivity index (χ1v) is 34.6. The van der Waals surface area contributed by atoms with E-state index in [0.717, 1.165) is 72.8 Å². The summed E-state index contributed by atoms with van der Waals surface area (Å²) in [6.45, 7) is 20.0. The minimum absolute atomic E-state index is 0. The first-order valence-electron chi connectivity index (χ1n) is 39.6. The summed E-state index contributed by atoms with van der Waals surface area (Å²) >= 11 is 0. The maximum atomic E-state index is 13.0. The molecule has 14 rings (SSSR count). The number of carbonyl (C=O) groups excluding carboxylic acids is 2. The van der Waals surface area contributed by atoms with Gasteiger partial charge < -0.3 is 35.1 Å². The Morgan fingerprint density at radius 2 is 0.723 bits per heavy atom. The van der Waals surface area contributed by atoms with Crippen LogP contribution in [-0.4, -0.2) is 46.7 Å². The van der Waals surface area contributed by atoms with Crippen LogP contribution in [0.15, 0.2) is 340 Å². The quantitative estimate of drug-likeness (QED) is 0.0736. The Labute approximate surface area is 729 Å². The summed E-state index contributed by atoms with van der Waals surface area (Å²) in [5, 5.41) is 17.9. The molecular weight excluding hydrogens is 2100 g/mol. The molecule has 0 atom stereocenters. The van der Waals surface area contributed by atoms with E-state index in [2.05, 4.69) is 80.4 Å². The van der Waals surface area contributed by atoms with Crippen molar-refractivity contribution in [3.05, 3.63) is 392 Å². The van der Waals surface area contributed by atoms with Gasteiger partial charge in [-0.15, -0.1) is 179 Å². The second-order valence-corrected chi connectivity index (χ2v) is 26.3. The molecule has 578 valence electrons. The third-order valence-corrected chi connectivity index (χ3v) is 15.7. The molecule has 0 spiro atoms. The van der Waals surface area contributed by atoms with Gasteiger partial charge in [-0.05, 0) is 126 Å². The number of benzene rings is 9. The fourth-order valence-electron chi connectivity index (χ4n) is 9.84. The van der Waals surface area contributed by atoms with Gasteiger partial charge in [-0.1, -0.05) is 187 Å². The number of hydrogen-bond acceptors (Lipinski definition) is 9. The minimum Gasteiger partial charge on any atom is -0.512 e. The van der Waals surface area contributed by atoms with Crippen LogP contribution in [-0.2, 0) is 90.0 Å². The van der Waals surface area contributed by atoms with Gasteiger partial charge in [0.25, 0.3) is 0 Å². The van der Waals surface area contributed by atoms with E-state index >= 15 is 0 Å². The van der Waals surface area contributed by atoms with Crippen molar-refractivity contribution in [3.63, 3.8) is 0 Å². The van der Waals surface area contributed by atoms with E-state index in [1.54, 1.807) is 48.8 Å². The molecule has 5 heterocycles. The summed E-state index contributed by atoms with van der Waals surface area (Å²) in [6, 6.07) is 83.1. The molecule has 0 fully saturated rings. The van der Waals surface area contributed by atoms with Crippen molar-refractivity contribution < 1.29 is 118 Å². The van der Waals surface area contributed by atoms with E-state index in [1.807, 2.05) is 226 Å². The molecule has 14 aromatic rings. The van der Waals surface area contributed by atoms with Crippen LogP contribution in [0.1, 0.15) is 85.8 Å². The molecule has 14 heteroatoms. The first kappa shape index (κ1) is 78.4. The van der Waals surface area contributed by atoms with Crippen LogP contribution in [0.5, 0.6) is 0 Å². The van der Waals surface area contributed by atoms with Crippen molar-refractivity contribution in [2.45, 2.75) is 76.2 Å². The van der Waals surface area contributed by atoms with E-state index in [0.29, 0.717) is 16.8 Å². The molecule has 5 aromatic heterocycles. The fourth-order valence-corrected chi connectivity index (χ4v) is 9.84. The number of carbonyl (C=O) groups is 2. The fraction of sp³-hybridized carbons (Fsp3) is 0.133. The Hall–Kier alpha value is -10.3. The second-order valence-electron chi connectivity index (χ2n) is 26.3. The molecule has 4 radical (unpaired) electrons. The number of ketones is 2. The molecule has 0 bridgehead atoms. The Balaban J connectivity index is 0.000000304. The Morgan fingerprint density at radius 1 is 0.375 bits per heavy atom. The minimum atomic E-state index is -0.417. The van der Waals surface area contributed by atoms with Gasteiger partial charge in [-0.3, -0.25) is 9.59 Å². The van der Waals surface area contributed by atoms with E-state index in [9.17, 15) is 19.1 Å². The SMILES string of the molecule is CC(=O)C=C(C)O.CC(C)(C)C(=O)C=C(O)C(C)(C)C.Cc1cc(-c2[c-]cccc2)ncc1-c1ccc(F)cc1.Cc1cc(-c2[c-]cccc2)ncc1-c1ccccc1.[2H]c1c([2H])c([2H])c(-c2ccc(-c3[c-]cccc3)nc2)c([2H])c1[2H].[2H]c1c([2H])c([2H])c(-c2cnc(-c3[c-]cccc3)cc2C)c([2H])c1[2H].[Ir].[Ir].[Ir].[Ir].[c-]1ccccc1-c1ccccn1. The molecule has 0 aliphatic heterocycles. The van der Waals surface area contributed by atoms with E-state index in [1.165, 1.54) is 61.0 Å². The van der Waals surface area contributed by atoms with Crippen LogP contribution in [0.3, 0.4) is 0 Å². The monoisotopic (exact) mass is 2200 g/mol. The third kappa shape index (κ3) is 31.1. The van der Waals surface area contributed by atoms with Crippen LogP contribution in [0.2, 0.25) is 0 Å². The number of rotatable bonds is 11. The summed E-state index contributed by atoms with van der Waals surface area (Å²) in [7, 11) is 0. The molecular formula is C98H89FIr4N5O4-5. The van der Waals surface area contributed by atoms with Crippen molar-refractivity contribution in [1.82, 2.24) is 24.9 Å². The number of aromatic nitrogens is 5. The number of allylic oxidation sites excluding steroid dienone is 4. The molecule has 9 aromatic carbocycles. The van der Waals surface area contributed by atoms with Crippen LogP contribution in [0.25, 0.3) is 101 Å². The van der Waals surface area contributed by atoms with Gasteiger partial charge in [0.2, 0.25) is 0 Å². The molecule has 0 aliphatic rings. The number of nitrogens with zero attached hydrogens (tertiary/aromatic N) is 5. The predicted octanol–water partition coefficient (Wildman–Crippen LogP) is 24.6. The van der Waals surface area contributed by atoms with Crippen LogP contribution in [0.4, 0.5) is 4.39 Å². The van der Waals surface area contributed by atoms with E-state index < -0.39 is 17.5 Å². The topological polar surface area (TPSA) is 139 Å². The van der Waals surface area contributed by atoms with Gasteiger partial charge in [0.15, 0.2) is 11.6 Å². The number of aliphatic hydroxyl groups excluding tert-OH is 2. The molecule has 0 aliphatic carbocycles. The van der Waals surface area contributed by atoms with Crippen molar-refractivity contribution in [1.29, 1.82) is 0 Å². The van der Waals surface area contributed by atoms with E-state index in [-0.39, 0.29) is 174 Å². The van der Waals surface area contributed by atoms with Crippen molar-refractivity contribution in [2.75, 3.05) is 0 Å². The Morgan fingerprint density at radius 3 is 1.04 bits per heavy atom. The summed E-state index contributed by atoms with van der Waals surface area (Å²) < 4.78 is 91.5. The van der Waals surface area contributed by atoms with Crippen LogP contribution < -0.4 is 0 Å². The zero-order chi connectivity index (χ0) is 86.0. The van der Waals surface area contributed by atoms with Crippen molar-refractivity contribution >= 4 is 11.6 Å². The largest absolute Gasteiger partial charge is 0.512 e. The number of aliphatic hydroxyl groups is 2. The standard InChI is InChI=1S/C18H13FN.2C18H14N.C17H12N.C11H8N.C11H20O2.C5H8O2.4Ir/c1-13-11-18(15-5-3-2-4-6-15)20-12-17(13)14-7-9-16(19)10-8-14;2*1-14-12-18(16-10-6-3-7-11-16)19-13-17(14)15-8-4-2-5-9-15;1-3-7-14(8-4-1)16-11-12-17(18-13-16)15-9-5-2-6-10-15;1-2-6-10(7-3-1)11-8-4-5-9-12-11;1-10(2,3)8(12)7-9(13)11(4,5)6;1-4(6)3-5(2)7;;;;/h2-5,7-12H,1H3;2*2-10,12-13H,1H3;1-9,11-13H;1-6,8-9H;7,12H,1-6H3;3,6H,1-2H3;;;;/q5*-1;;;;;;/i;2D,4D,5D,8D,9D;;1D,3D,4D,7D,8D;;;;;;;. The average Bonchev–Trinajstić information content (AvgIpc) is 0.770. The molecule has 9 nitrogen and oxygen atoms in total. The van der Waals surface area contributed by atoms with Gasteiger partial charge in [0.05, 0.1) is 19.5 Å². The maximum Gasteiger partial charge on any atom is 0.164 e. The molecule has 112 heavy (non-hydrogen) atoms. The molecule has 0 unspecified atom stereocenters. The molecule has 0 saturated carbocycles.